The molecule has 0 aliphatic heterocycles. The van der Waals surface area contributed by atoms with Gasteiger partial charge >= 0.3 is 0 Å². The summed E-state index contributed by atoms with van der Waals surface area (Å²) in [5.41, 5.74) is 3.14. The Morgan fingerprint density at radius 1 is 1.07 bits per heavy atom. The van der Waals surface area contributed by atoms with Gasteiger partial charge in [-0.15, -0.1) is 11.8 Å². The summed E-state index contributed by atoms with van der Waals surface area (Å²) in [6.45, 7) is 12.0. The summed E-state index contributed by atoms with van der Waals surface area (Å²) in [6.07, 6.45) is 0. The SMILES string of the molecule is Cc1cc(NC(=O)C(C)SCC(=O)Nc2c(C(C)C)cccc2C(C)C)no1. The molecule has 0 saturated carbocycles. The lowest BCUT2D eigenvalue weighted by Gasteiger charge is -2.20. The third kappa shape index (κ3) is 5.86. The molecule has 0 bridgehead atoms. The highest BCUT2D eigenvalue weighted by atomic mass is 32.2. The van der Waals surface area contributed by atoms with Crippen LogP contribution in [0.2, 0.25) is 0 Å². The summed E-state index contributed by atoms with van der Waals surface area (Å²) in [5.74, 6) is 1.48. The van der Waals surface area contributed by atoms with Gasteiger partial charge in [0.2, 0.25) is 11.8 Å². The first-order valence-electron chi connectivity index (χ1n) is 9.47. The first kappa shape index (κ1) is 22.0. The molecule has 0 saturated heterocycles. The molecule has 2 amide bonds. The molecule has 0 aliphatic carbocycles. The molecule has 0 spiro atoms. The lowest BCUT2D eigenvalue weighted by atomic mass is 9.92. The second kappa shape index (κ2) is 9.78. The molecule has 0 aliphatic rings. The smallest absolute Gasteiger partial charge is 0.238 e. The van der Waals surface area contributed by atoms with Crippen molar-refractivity contribution in [3.8, 4) is 0 Å². The van der Waals surface area contributed by atoms with Gasteiger partial charge in [0.15, 0.2) is 5.82 Å². The molecule has 7 heteroatoms. The first-order chi connectivity index (χ1) is 13.2. The van der Waals surface area contributed by atoms with E-state index >= 15 is 0 Å². The van der Waals surface area contributed by atoms with Crippen LogP contribution in [0.1, 0.15) is 63.3 Å². The Morgan fingerprint density at radius 2 is 1.68 bits per heavy atom. The van der Waals surface area contributed by atoms with Crippen LogP contribution in [-0.4, -0.2) is 28.0 Å². The second-order valence-corrected chi connectivity index (χ2v) is 8.76. The third-order valence-electron chi connectivity index (χ3n) is 4.35. The minimum atomic E-state index is -0.396. The molecule has 2 N–H and O–H groups in total. The number of benzene rings is 1. The maximum atomic E-state index is 12.6. The van der Waals surface area contributed by atoms with Crippen molar-refractivity contribution in [2.45, 2.75) is 58.6 Å². The van der Waals surface area contributed by atoms with Crippen molar-refractivity contribution < 1.29 is 14.1 Å². The third-order valence-corrected chi connectivity index (χ3v) is 5.49. The Labute approximate surface area is 170 Å². The number of aromatic nitrogens is 1. The monoisotopic (exact) mass is 403 g/mol. The van der Waals surface area contributed by atoms with E-state index < -0.39 is 5.25 Å². The fourth-order valence-electron chi connectivity index (χ4n) is 2.80. The normalized spacial score (nSPS) is 12.3. The van der Waals surface area contributed by atoms with E-state index in [-0.39, 0.29) is 17.6 Å². The molecule has 2 aromatic rings. The molecule has 1 heterocycles. The van der Waals surface area contributed by atoms with Crippen LogP contribution in [0.5, 0.6) is 0 Å². The van der Waals surface area contributed by atoms with Crippen LogP contribution >= 0.6 is 11.8 Å². The van der Waals surface area contributed by atoms with Crippen molar-refractivity contribution in [1.29, 1.82) is 0 Å². The van der Waals surface area contributed by atoms with Crippen molar-refractivity contribution in [1.82, 2.24) is 5.16 Å². The van der Waals surface area contributed by atoms with Crippen LogP contribution in [0.3, 0.4) is 0 Å². The summed E-state index contributed by atoms with van der Waals surface area (Å²) in [4.78, 5) is 24.8. The van der Waals surface area contributed by atoms with E-state index in [4.69, 9.17) is 4.52 Å². The van der Waals surface area contributed by atoms with Crippen molar-refractivity contribution in [3.05, 3.63) is 41.2 Å². The predicted octanol–water partition coefficient (Wildman–Crippen LogP) is 4.93. The quantitative estimate of drug-likeness (QED) is 0.653. The predicted molar refractivity (Wildman–Crippen MR) is 115 cm³/mol. The summed E-state index contributed by atoms with van der Waals surface area (Å²) in [5, 5.41) is 9.11. The van der Waals surface area contributed by atoms with Crippen molar-refractivity contribution in [3.63, 3.8) is 0 Å². The summed E-state index contributed by atoms with van der Waals surface area (Å²) >= 11 is 1.28. The molecule has 1 aromatic carbocycles. The van der Waals surface area contributed by atoms with Crippen LogP contribution in [0.15, 0.2) is 28.8 Å². The van der Waals surface area contributed by atoms with Gasteiger partial charge in [0, 0.05) is 11.8 Å². The van der Waals surface area contributed by atoms with E-state index in [0.717, 1.165) is 16.8 Å². The van der Waals surface area contributed by atoms with Crippen LogP contribution < -0.4 is 10.6 Å². The number of anilines is 2. The largest absolute Gasteiger partial charge is 0.360 e. The second-order valence-electron chi connectivity index (χ2n) is 7.43. The molecule has 0 radical (unpaired) electrons. The highest BCUT2D eigenvalue weighted by molar-refractivity contribution is 8.01. The average Bonchev–Trinajstić information content (AvgIpc) is 3.04. The van der Waals surface area contributed by atoms with Gasteiger partial charge in [0.05, 0.1) is 11.0 Å². The summed E-state index contributed by atoms with van der Waals surface area (Å²) in [7, 11) is 0. The number of carbonyl (C=O) groups is 2. The minimum absolute atomic E-state index is 0.114. The van der Waals surface area contributed by atoms with Gasteiger partial charge in [-0.2, -0.15) is 0 Å². The average molecular weight is 404 g/mol. The number of amides is 2. The van der Waals surface area contributed by atoms with E-state index in [1.54, 1.807) is 19.9 Å². The number of para-hydroxylation sites is 1. The van der Waals surface area contributed by atoms with E-state index in [0.29, 0.717) is 23.4 Å². The Hall–Kier alpha value is -2.28. The van der Waals surface area contributed by atoms with E-state index in [1.807, 2.05) is 6.07 Å². The molecule has 1 unspecified atom stereocenters. The Morgan fingerprint density at radius 3 is 2.18 bits per heavy atom. The van der Waals surface area contributed by atoms with Crippen LogP contribution in [0.25, 0.3) is 0 Å². The number of thioether (sulfide) groups is 1. The summed E-state index contributed by atoms with van der Waals surface area (Å²) < 4.78 is 4.93. The van der Waals surface area contributed by atoms with E-state index in [1.165, 1.54) is 11.8 Å². The van der Waals surface area contributed by atoms with Crippen LogP contribution in [-0.2, 0) is 9.59 Å². The molecular weight excluding hydrogens is 374 g/mol. The number of carbonyl (C=O) groups excluding carboxylic acids is 2. The van der Waals surface area contributed by atoms with Gasteiger partial charge in [-0.05, 0) is 36.8 Å². The van der Waals surface area contributed by atoms with E-state index in [9.17, 15) is 9.59 Å². The van der Waals surface area contributed by atoms with Crippen molar-refractivity contribution >= 4 is 35.1 Å². The van der Waals surface area contributed by atoms with Gasteiger partial charge in [0.25, 0.3) is 0 Å². The minimum Gasteiger partial charge on any atom is -0.360 e. The standard InChI is InChI=1S/C21H29N3O3S/c1-12(2)16-8-7-9-17(13(3)4)20(16)23-19(25)11-28-15(6)21(26)22-18-10-14(5)27-24-18/h7-10,12-13,15H,11H2,1-6H3,(H,23,25)(H,22,24,26). The fourth-order valence-corrected chi connectivity index (χ4v) is 3.48. The summed E-state index contributed by atoms with van der Waals surface area (Å²) in [6, 6.07) is 7.79. The molecule has 1 atom stereocenters. The molecule has 152 valence electrons. The van der Waals surface area contributed by atoms with Crippen molar-refractivity contribution in [2.75, 3.05) is 16.4 Å². The lowest BCUT2D eigenvalue weighted by molar-refractivity contribution is -0.115. The first-order valence-corrected chi connectivity index (χ1v) is 10.5. The topological polar surface area (TPSA) is 84.2 Å². The zero-order chi connectivity index (χ0) is 20.8. The molecule has 6 nitrogen and oxygen atoms in total. The van der Waals surface area contributed by atoms with E-state index in [2.05, 4.69) is 55.6 Å². The Kier molecular flexibility index (Phi) is 7.69. The molecule has 1 aromatic heterocycles. The van der Waals surface area contributed by atoms with Crippen molar-refractivity contribution in [2.24, 2.45) is 0 Å². The maximum absolute atomic E-state index is 12.6. The zero-order valence-corrected chi connectivity index (χ0v) is 18.1. The number of nitrogens with zero attached hydrogens (tertiary/aromatic N) is 1. The zero-order valence-electron chi connectivity index (χ0n) is 17.3. The number of hydrogen-bond donors (Lipinski definition) is 2. The Balaban J connectivity index is 1.97. The highest BCUT2D eigenvalue weighted by Crippen LogP contribution is 2.32. The number of hydrogen-bond acceptors (Lipinski definition) is 5. The number of nitrogens with one attached hydrogen (secondary N) is 2. The Bertz CT molecular complexity index is 804. The van der Waals surface area contributed by atoms with Gasteiger partial charge in [0.1, 0.15) is 5.76 Å². The van der Waals surface area contributed by atoms with Crippen LogP contribution in [0.4, 0.5) is 11.5 Å². The van der Waals surface area contributed by atoms with Gasteiger partial charge in [-0.25, -0.2) is 0 Å². The maximum Gasteiger partial charge on any atom is 0.238 e. The number of aryl methyl sites for hydroxylation is 1. The highest BCUT2D eigenvalue weighted by Gasteiger charge is 2.19. The fraction of sp³-hybridized carbons (Fsp3) is 0.476. The van der Waals surface area contributed by atoms with Gasteiger partial charge in [-0.3, -0.25) is 9.59 Å². The molecule has 0 fully saturated rings. The van der Waals surface area contributed by atoms with Gasteiger partial charge in [-0.1, -0.05) is 51.1 Å². The van der Waals surface area contributed by atoms with Gasteiger partial charge < -0.3 is 15.2 Å². The molecule has 2 rings (SSSR count). The number of rotatable bonds is 8. The molecular formula is C21H29N3O3S. The van der Waals surface area contributed by atoms with Crippen LogP contribution in [0, 0.1) is 6.92 Å². The molecule has 28 heavy (non-hydrogen) atoms. The lowest BCUT2D eigenvalue weighted by Crippen LogP contribution is -2.25.